The van der Waals surface area contributed by atoms with Gasteiger partial charge in [-0.15, -0.1) is 11.3 Å². The van der Waals surface area contributed by atoms with Crippen molar-refractivity contribution in [3.63, 3.8) is 0 Å². The first-order valence-electron chi connectivity index (χ1n) is 6.45. The van der Waals surface area contributed by atoms with E-state index in [0.717, 1.165) is 18.0 Å². The second-order valence-corrected chi connectivity index (χ2v) is 5.88. The highest BCUT2D eigenvalue weighted by molar-refractivity contribution is 7.09. The molecule has 0 radical (unpaired) electrons. The average molecular weight is 271 g/mol. The second-order valence-electron chi connectivity index (χ2n) is 4.90. The zero-order valence-corrected chi connectivity index (χ0v) is 11.7. The van der Waals surface area contributed by atoms with Crippen molar-refractivity contribution in [2.24, 2.45) is 5.73 Å². The van der Waals surface area contributed by atoms with Crippen molar-refractivity contribution in [2.45, 2.75) is 25.9 Å². The Bertz CT molecular complexity index is 668. The van der Waals surface area contributed by atoms with Gasteiger partial charge in [-0.3, -0.25) is 0 Å². The highest BCUT2D eigenvalue weighted by atomic mass is 32.1. The molecule has 2 aromatic heterocycles. The molecule has 0 fully saturated rings. The number of rotatable bonds is 4. The third-order valence-electron chi connectivity index (χ3n) is 3.23. The molecule has 3 nitrogen and oxygen atoms in total. The molecule has 98 valence electrons. The Morgan fingerprint density at radius 2 is 2.26 bits per heavy atom. The van der Waals surface area contributed by atoms with Gasteiger partial charge in [0.25, 0.3) is 0 Å². The van der Waals surface area contributed by atoms with Gasteiger partial charge in [0.15, 0.2) is 0 Å². The Morgan fingerprint density at radius 1 is 1.37 bits per heavy atom. The van der Waals surface area contributed by atoms with E-state index in [1.165, 1.54) is 16.5 Å². The number of fused-ring (bicyclic) bond motifs is 1. The molecule has 3 rings (SSSR count). The van der Waals surface area contributed by atoms with Gasteiger partial charge < -0.3 is 10.3 Å². The Kier molecular flexibility index (Phi) is 3.36. The monoisotopic (exact) mass is 271 g/mol. The van der Waals surface area contributed by atoms with E-state index < -0.39 is 0 Å². The minimum Gasteiger partial charge on any atom is -0.341 e. The van der Waals surface area contributed by atoms with Crippen molar-refractivity contribution >= 4 is 22.2 Å². The van der Waals surface area contributed by atoms with Crippen LogP contribution in [0.25, 0.3) is 10.9 Å². The van der Waals surface area contributed by atoms with Gasteiger partial charge in [-0.05, 0) is 31.0 Å². The van der Waals surface area contributed by atoms with Gasteiger partial charge in [-0.2, -0.15) is 0 Å². The minimum atomic E-state index is 0.188. The molecule has 3 aromatic rings. The van der Waals surface area contributed by atoms with E-state index in [-0.39, 0.29) is 6.04 Å². The molecule has 2 heterocycles. The van der Waals surface area contributed by atoms with Crippen LogP contribution in [0.15, 0.2) is 42.0 Å². The summed E-state index contributed by atoms with van der Waals surface area (Å²) in [6, 6.07) is 8.81. The van der Waals surface area contributed by atoms with Gasteiger partial charge in [0.2, 0.25) is 0 Å². The molecule has 0 saturated heterocycles. The van der Waals surface area contributed by atoms with Crippen molar-refractivity contribution in [3.8, 4) is 0 Å². The maximum atomic E-state index is 5.92. The standard InChI is InChI=1S/C15H17N3S/c1-11(16)9-12-3-2-4-14-13(12)5-7-18(14)10-15-17-6-8-19-15/h2-8,11H,9-10,16H2,1H3. The quantitative estimate of drug-likeness (QED) is 0.792. The van der Waals surface area contributed by atoms with Crippen LogP contribution in [0.3, 0.4) is 0 Å². The fourth-order valence-corrected chi connectivity index (χ4v) is 3.04. The first-order valence-corrected chi connectivity index (χ1v) is 7.32. The van der Waals surface area contributed by atoms with Gasteiger partial charge in [-0.25, -0.2) is 4.98 Å². The summed E-state index contributed by atoms with van der Waals surface area (Å²) in [5.41, 5.74) is 8.50. The maximum absolute atomic E-state index is 5.92. The summed E-state index contributed by atoms with van der Waals surface area (Å²) in [6.45, 7) is 2.88. The Morgan fingerprint density at radius 3 is 3.00 bits per heavy atom. The molecule has 0 saturated carbocycles. The predicted octanol–water partition coefficient (Wildman–Crippen LogP) is 3.04. The van der Waals surface area contributed by atoms with Crippen LogP contribution in [-0.4, -0.2) is 15.6 Å². The number of aromatic nitrogens is 2. The lowest BCUT2D eigenvalue weighted by molar-refractivity contribution is 0.741. The summed E-state index contributed by atoms with van der Waals surface area (Å²) in [5.74, 6) is 0. The fourth-order valence-electron chi connectivity index (χ4n) is 2.43. The topological polar surface area (TPSA) is 43.8 Å². The second kappa shape index (κ2) is 5.15. The molecule has 0 aliphatic rings. The third kappa shape index (κ3) is 2.55. The number of hydrogen-bond acceptors (Lipinski definition) is 3. The Balaban J connectivity index is 1.99. The van der Waals surface area contributed by atoms with Crippen LogP contribution in [0, 0.1) is 0 Å². The molecule has 0 aliphatic heterocycles. The van der Waals surface area contributed by atoms with Crippen LogP contribution in [0.1, 0.15) is 17.5 Å². The van der Waals surface area contributed by atoms with E-state index in [1.807, 2.05) is 18.5 Å². The summed E-state index contributed by atoms with van der Waals surface area (Å²) in [4.78, 5) is 4.35. The number of benzene rings is 1. The van der Waals surface area contributed by atoms with E-state index >= 15 is 0 Å². The summed E-state index contributed by atoms with van der Waals surface area (Å²) < 4.78 is 2.25. The molecular formula is C15H17N3S. The van der Waals surface area contributed by atoms with Crippen LogP contribution < -0.4 is 5.73 Å². The molecule has 1 aromatic carbocycles. The lowest BCUT2D eigenvalue weighted by Crippen LogP contribution is -2.17. The van der Waals surface area contributed by atoms with E-state index in [1.54, 1.807) is 11.3 Å². The number of hydrogen-bond donors (Lipinski definition) is 1. The number of nitrogens with zero attached hydrogens (tertiary/aromatic N) is 2. The van der Waals surface area contributed by atoms with Crippen molar-refractivity contribution in [1.82, 2.24) is 9.55 Å². The van der Waals surface area contributed by atoms with E-state index in [4.69, 9.17) is 5.73 Å². The van der Waals surface area contributed by atoms with Gasteiger partial charge in [-0.1, -0.05) is 12.1 Å². The van der Waals surface area contributed by atoms with Crippen LogP contribution in [0.2, 0.25) is 0 Å². The number of thiazole rings is 1. The van der Waals surface area contributed by atoms with Crippen molar-refractivity contribution in [2.75, 3.05) is 0 Å². The molecule has 0 bridgehead atoms. The van der Waals surface area contributed by atoms with Crippen molar-refractivity contribution in [1.29, 1.82) is 0 Å². The van der Waals surface area contributed by atoms with Crippen LogP contribution in [-0.2, 0) is 13.0 Å². The fraction of sp³-hybridized carbons (Fsp3) is 0.267. The normalized spacial score (nSPS) is 12.9. The number of nitrogens with two attached hydrogens (primary N) is 1. The van der Waals surface area contributed by atoms with Crippen molar-refractivity contribution < 1.29 is 0 Å². The zero-order chi connectivity index (χ0) is 13.2. The zero-order valence-electron chi connectivity index (χ0n) is 10.9. The first-order chi connectivity index (χ1) is 9.24. The van der Waals surface area contributed by atoms with Gasteiger partial charge >= 0.3 is 0 Å². The smallest absolute Gasteiger partial charge is 0.112 e. The van der Waals surface area contributed by atoms with E-state index in [0.29, 0.717) is 0 Å². The largest absolute Gasteiger partial charge is 0.341 e. The van der Waals surface area contributed by atoms with Crippen LogP contribution in [0.5, 0.6) is 0 Å². The summed E-state index contributed by atoms with van der Waals surface area (Å²) in [6.07, 6.45) is 4.91. The maximum Gasteiger partial charge on any atom is 0.112 e. The molecule has 1 atom stereocenters. The average Bonchev–Trinajstić information content (AvgIpc) is 3.00. The molecular weight excluding hydrogens is 254 g/mol. The SMILES string of the molecule is CC(N)Cc1cccc2c1ccn2Cc1nccs1. The molecule has 0 amide bonds. The van der Waals surface area contributed by atoms with Gasteiger partial charge in [0.1, 0.15) is 5.01 Å². The predicted molar refractivity (Wildman–Crippen MR) is 80.5 cm³/mol. The molecule has 0 spiro atoms. The lowest BCUT2D eigenvalue weighted by Gasteiger charge is -2.08. The summed E-state index contributed by atoms with van der Waals surface area (Å²) >= 11 is 1.69. The van der Waals surface area contributed by atoms with Crippen molar-refractivity contribution in [3.05, 3.63) is 52.6 Å². The third-order valence-corrected chi connectivity index (χ3v) is 4.00. The summed E-state index contributed by atoms with van der Waals surface area (Å²) in [7, 11) is 0. The molecule has 19 heavy (non-hydrogen) atoms. The Labute approximate surface area is 116 Å². The summed E-state index contributed by atoms with van der Waals surface area (Å²) in [5, 5.41) is 4.45. The van der Waals surface area contributed by atoms with Gasteiger partial charge in [0, 0.05) is 34.7 Å². The Hall–Kier alpha value is -1.65. The molecule has 0 aliphatic carbocycles. The molecule has 1 unspecified atom stereocenters. The molecule has 2 N–H and O–H groups in total. The highest BCUT2D eigenvalue weighted by Gasteiger charge is 2.08. The first kappa shape index (κ1) is 12.4. The highest BCUT2D eigenvalue weighted by Crippen LogP contribution is 2.22. The van der Waals surface area contributed by atoms with Gasteiger partial charge in [0.05, 0.1) is 6.54 Å². The van der Waals surface area contributed by atoms with Crippen LogP contribution >= 0.6 is 11.3 Å². The lowest BCUT2D eigenvalue weighted by atomic mass is 10.0. The van der Waals surface area contributed by atoms with E-state index in [9.17, 15) is 0 Å². The molecule has 4 heteroatoms. The van der Waals surface area contributed by atoms with Crippen LogP contribution in [0.4, 0.5) is 0 Å². The van der Waals surface area contributed by atoms with E-state index in [2.05, 4.69) is 40.0 Å². The minimum absolute atomic E-state index is 0.188.